The van der Waals surface area contributed by atoms with Crippen LogP contribution < -0.4 is 0 Å². The van der Waals surface area contributed by atoms with Crippen molar-refractivity contribution in [2.24, 2.45) is 0 Å². The van der Waals surface area contributed by atoms with Crippen LogP contribution >= 0.6 is 0 Å². The van der Waals surface area contributed by atoms with Gasteiger partial charge in [-0.25, -0.2) is 0 Å². The number of benzene rings is 1. The van der Waals surface area contributed by atoms with Gasteiger partial charge in [0.05, 0.1) is 6.61 Å². The number of hydrogen-bond donors (Lipinski definition) is 0. The van der Waals surface area contributed by atoms with E-state index in [2.05, 4.69) is 39.0 Å². The highest BCUT2D eigenvalue weighted by Gasteiger charge is 1.99. The molecule has 1 rings (SSSR count). The van der Waals surface area contributed by atoms with E-state index in [9.17, 15) is 0 Å². The average molecular weight is 190 g/mol. The number of methoxy groups -OCH3 is 1. The summed E-state index contributed by atoms with van der Waals surface area (Å²) in [6.45, 7) is 7.09. The Morgan fingerprint density at radius 2 is 1.71 bits per heavy atom. The van der Waals surface area contributed by atoms with Crippen molar-refractivity contribution in [3.8, 4) is 0 Å². The summed E-state index contributed by atoms with van der Waals surface area (Å²) in [6.07, 6.45) is 4.18. The Morgan fingerprint density at radius 1 is 1.14 bits per heavy atom. The van der Waals surface area contributed by atoms with Crippen molar-refractivity contribution in [3.63, 3.8) is 0 Å². The van der Waals surface area contributed by atoms with Crippen LogP contribution in [0.1, 0.15) is 22.3 Å². The molecular weight excluding hydrogens is 172 g/mol. The van der Waals surface area contributed by atoms with Crippen molar-refractivity contribution >= 4 is 6.08 Å². The first-order valence-electron chi connectivity index (χ1n) is 4.88. The predicted octanol–water partition coefficient (Wildman–Crippen LogP) is 3.27. The fourth-order valence-electron chi connectivity index (χ4n) is 1.72. The normalized spacial score (nSPS) is 11.1. The summed E-state index contributed by atoms with van der Waals surface area (Å²) in [5.74, 6) is 0. The summed E-state index contributed by atoms with van der Waals surface area (Å²) in [4.78, 5) is 0. The first kappa shape index (κ1) is 11.0. The Hall–Kier alpha value is -1.08. The fourth-order valence-corrected chi connectivity index (χ4v) is 1.72. The highest BCUT2D eigenvalue weighted by atomic mass is 16.5. The Balaban J connectivity index is 2.96. The van der Waals surface area contributed by atoms with E-state index in [-0.39, 0.29) is 0 Å². The van der Waals surface area contributed by atoms with Gasteiger partial charge in [-0.1, -0.05) is 29.8 Å². The molecule has 0 amide bonds. The summed E-state index contributed by atoms with van der Waals surface area (Å²) in [7, 11) is 1.71. The molecule has 0 saturated carbocycles. The van der Waals surface area contributed by atoms with Crippen molar-refractivity contribution < 1.29 is 4.74 Å². The second-order valence-electron chi connectivity index (χ2n) is 3.67. The van der Waals surface area contributed by atoms with Gasteiger partial charge in [0, 0.05) is 7.11 Å². The van der Waals surface area contributed by atoms with Crippen molar-refractivity contribution in [1.82, 2.24) is 0 Å². The molecular formula is C13H18O. The van der Waals surface area contributed by atoms with Gasteiger partial charge in [0.1, 0.15) is 0 Å². The molecule has 0 fully saturated rings. The van der Waals surface area contributed by atoms with Crippen molar-refractivity contribution in [3.05, 3.63) is 40.5 Å². The van der Waals surface area contributed by atoms with Crippen molar-refractivity contribution in [1.29, 1.82) is 0 Å². The summed E-state index contributed by atoms with van der Waals surface area (Å²) in [5.41, 5.74) is 5.29. The first-order valence-corrected chi connectivity index (χ1v) is 4.88. The van der Waals surface area contributed by atoms with Crippen LogP contribution in [0.2, 0.25) is 0 Å². The van der Waals surface area contributed by atoms with E-state index in [1.165, 1.54) is 22.3 Å². The second kappa shape index (κ2) is 4.97. The molecule has 0 aromatic heterocycles. The lowest BCUT2D eigenvalue weighted by molar-refractivity contribution is 0.234. The van der Waals surface area contributed by atoms with Crippen molar-refractivity contribution in [2.45, 2.75) is 20.8 Å². The zero-order valence-corrected chi connectivity index (χ0v) is 9.42. The number of ether oxygens (including phenoxy) is 1. The Bertz CT molecular complexity index is 314. The average Bonchev–Trinajstić information content (AvgIpc) is 2.09. The molecule has 0 unspecified atom stereocenters. The molecule has 0 aliphatic carbocycles. The fraction of sp³-hybridized carbons (Fsp3) is 0.385. The molecule has 0 atom stereocenters. The minimum absolute atomic E-state index is 0.673. The molecule has 0 aliphatic rings. The topological polar surface area (TPSA) is 9.23 Å². The predicted molar refractivity (Wildman–Crippen MR) is 61.6 cm³/mol. The number of rotatable bonds is 3. The molecule has 76 valence electrons. The SMILES string of the molecule is COC/C=C/c1c(C)cc(C)cc1C. The van der Waals surface area contributed by atoms with Gasteiger partial charge in [0.2, 0.25) is 0 Å². The van der Waals surface area contributed by atoms with Gasteiger partial charge in [-0.2, -0.15) is 0 Å². The van der Waals surface area contributed by atoms with Gasteiger partial charge in [-0.15, -0.1) is 0 Å². The molecule has 1 nitrogen and oxygen atoms in total. The quantitative estimate of drug-likeness (QED) is 0.710. The lowest BCUT2D eigenvalue weighted by Crippen LogP contribution is -1.89. The molecule has 0 saturated heterocycles. The smallest absolute Gasteiger partial charge is 0.0646 e. The lowest BCUT2D eigenvalue weighted by Gasteiger charge is -2.06. The van der Waals surface area contributed by atoms with Crippen molar-refractivity contribution in [2.75, 3.05) is 13.7 Å². The maximum absolute atomic E-state index is 4.98. The van der Waals surface area contributed by atoms with Crippen LogP contribution in [0.4, 0.5) is 0 Å². The first-order chi connectivity index (χ1) is 6.65. The van der Waals surface area contributed by atoms with E-state index >= 15 is 0 Å². The van der Waals surface area contributed by atoms with Gasteiger partial charge in [0.15, 0.2) is 0 Å². The maximum Gasteiger partial charge on any atom is 0.0646 e. The van der Waals surface area contributed by atoms with E-state index in [4.69, 9.17) is 4.74 Å². The Labute approximate surface area is 86.4 Å². The van der Waals surface area contributed by atoms with Gasteiger partial charge in [0.25, 0.3) is 0 Å². The van der Waals surface area contributed by atoms with E-state index in [1.54, 1.807) is 7.11 Å². The third-order valence-electron chi connectivity index (χ3n) is 2.29. The summed E-state index contributed by atoms with van der Waals surface area (Å²) in [5, 5.41) is 0. The lowest BCUT2D eigenvalue weighted by atomic mass is 9.99. The van der Waals surface area contributed by atoms with Crippen LogP contribution in [0, 0.1) is 20.8 Å². The monoisotopic (exact) mass is 190 g/mol. The molecule has 1 aromatic rings. The van der Waals surface area contributed by atoms with E-state index < -0.39 is 0 Å². The molecule has 0 radical (unpaired) electrons. The molecule has 1 heteroatoms. The minimum atomic E-state index is 0.673. The van der Waals surface area contributed by atoms with Crippen LogP contribution in [0.25, 0.3) is 6.08 Å². The number of hydrogen-bond acceptors (Lipinski definition) is 1. The molecule has 0 aliphatic heterocycles. The zero-order valence-electron chi connectivity index (χ0n) is 9.42. The van der Waals surface area contributed by atoms with Crippen LogP contribution in [-0.4, -0.2) is 13.7 Å². The van der Waals surface area contributed by atoms with Gasteiger partial charge in [-0.05, 0) is 37.5 Å². The van der Waals surface area contributed by atoms with E-state index in [1.807, 2.05) is 6.08 Å². The zero-order chi connectivity index (χ0) is 10.6. The summed E-state index contributed by atoms with van der Waals surface area (Å²) in [6, 6.07) is 4.42. The molecule has 1 aromatic carbocycles. The van der Waals surface area contributed by atoms with Crippen LogP contribution in [0.3, 0.4) is 0 Å². The summed E-state index contributed by atoms with van der Waals surface area (Å²) < 4.78 is 4.98. The highest BCUT2D eigenvalue weighted by molar-refractivity contribution is 5.58. The second-order valence-corrected chi connectivity index (χ2v) is 3.67. The van der Waals surface area contributed by atoms with Crippen LogP contribution in [-0.2, 0) is 4.74 Å². The minimum Gasteiger partial charge on any atom is -0.381 e. The molecule has 14 heavy (non-hydrogen) atoms. The van der Waals surface area contributed by atoms with Gasteiger partial charge < -0.3 is 4.74 Å². The van der Waals surface area contributed by atoms with Crippen LogP contribution in [0.5, 0.6) is 0 Å². The standard InChI is InChI=1S/C13H18O/c1-10-8-11(2)13(12(3)9-10)6-5-7-14-4/h5-6,8-9H,7H2,1-4H3/b6-5+. The Kier molecular flexibility index (Phi) is 3.90. The number of aryl methyl sites for hydroxylation is 3. The van der Waals surface area contributed by atoms with Gasteiger partial charge >= 0.3 is 0 Å². The highest BCUT2D eigenvalue weighted by Crippen LogP contribution is 2.17. The van der Waals surface area contributed by atoms with Gasteiger partial charge in [-0.3, -0.25) is 0 Å². The Morgan fingerprint density at radius 3 is 2.21 bits per heavy atom. The third kappa shape index (κ3) is 2.71. The largest absolute Gasteiger partial charge is 0.381 e. The molecule has 0 bridgehead atoms. The van der Waals surface area contributed by atoms with E-state index in [0.717, 1.165) is 0 Å². The third-order valence-corrected chi connectivity index (χ3v) is 2.29. The maximum atomic E-state index is 4.98. The van der Waals surface area contributed by atoms with E-state index in [0.29, 0.717) is 6.61 Å². The van der Waals surface area contributed by atoms with Crippen LogP contribution in [0.15, 0.2) is 18.2 Å². The summed E-state index contributed by atoms with van der Waals surface area (Å²) >= 11 is 0. The molecule has 0 N–H and O–H groups in total. The molecule has 0 heterocycles. The molecule has 0 spiro atoms.